The minimum Gasteiger partial charge on any atom is -0.346 e. The Hall–Kier alpha value is -2.66. The second kappa shape index (κ2) is 7.07. The van der Waals surface area contributed by atoms with Crippen LogP contribution in [0.2, 0.25) is 5.02 Å². The van der Waals surface area contributed by atoms with Crippen LogP contribution in [0.4, 0.5) is 5.69 Å². The number of rotatable bonds is 4. The first-order valence-electron chi connectivity index (χ1n) is 7.98. The van der Waals surface area contributed by atoms with Gasteiger partial charge in [0.15, 0.2) is 0 Å². The van der Waals surface area contributed by atoms with Gasteiger partial charge in [0.25, 0.3) is 5.91 Å². The van der Waals surface area contributed by atoms with E-state index in [1.165, 1.54) is 0 Å². The summed E-state index contributed by atoms with van der Waals surface area (Å²) in [6.45, 7) is 1.87. The zero-order chi connectivity index (χ0) is 18.0. The number of halogens is 1. The summed E-state index contributed by atoms with van der Waals surface area (Å²) in [4.78, 5) is 37.0. The lowest BCUT2D eigenvalue weighted by molar-refractivity contribution is -0.121. The van der Waals surface area contributed by atoms with Crippen LogP contribution in [-0.2, 0) is 9.59 Å². The number of nitrogens with zero attached hydrogens (tertiary/aromatic N) is 1. The highest BCUT2D eigenvalue weighted by atomic mass is 35.5. The Morgan fingerprint density at radius 3 is 2.32 bits per heavy atom. The van der Waals surface area contributed by atoms with Crippen LogP contribution in [-0.4, -0.2) is 17.7 Å². The van der Waals surface area contributed by atoms with E-state index in [2.05, 4.69) is 5.32 Å². The van der Waals surface area contributed by atoms with E-state index in [1.54, 1.807) is 36.4 Å². The van der Waals surface area contributed by atoms with E-state index in [0.29, 0.717) is 16.3 Å². The largest absolute Gasteiger partial charge is 0.346 e. The number of amides is 3. The first-order chi connectivity index (χ1) is 12.0. The molecule has 1 N–H and O–H groups in total. The monoisotopic (exact) mass is 356 g/mol. The third kappa shape index (κ3) is 3.72. The number of imide groups is 1. The molecule has 0 aromatic heterocycles. The quantitative estimate of drug-likeness (QED) is 0.853. The number of hydrogen-bond donors (Lipinski definition) is 1. The van der Waals surface area contributed by atoms with Crippen LogP contribution in [0.25, 0.3) is 0 Å². The molecule has 25 heavy (non-hydrogen) atoms. The Bertz CT molecular complexity index is 817. The lowest BCUT2D eigenvalue weighted by atomic mass is 10.1. The van der Waals surface area contributed by atoms with Gasteiger partial charge >= 0.3 is 0 Å². The summed E-state index contributed by atoms with van der Waals surface area (Å²) in [5.74, 6) is -0.660. The summed E-state index contributed by atoms with van der Waals surface area (Å²) in [6, 6.07) is 13.5. The van der Waals surface area contributed by atoms with Gasteiger partial charge in [-0.1, -0.05) is 23.7 Å². The van der Waals surface area contributed by atoms with E-state index in [0.717, 1.165) is 10.5 Å². The van der Waals surface area contributed by atoms with Gasteiger partial charge in [-0.3, -0.25) is 19.3 Å². The average molecular weight is 357 g/mol. The molecule has 6 heteroatoms. The highest BCUT2D eigenvalue weighted by Gasteiger charge is 2.30. The highest BCUT2D eigenvalue weighted by molar-refractivity contribution is 6.30. The highest BCUT2D eigenvalue weighted by Crippen LogP contribution is 2.23. The van der Waals surface area contributed by atoms with Crippen LogP contribution in [0.1, 0.15) is 41.7 Å². The van der Waals surface area contributed by atoms with Gasteiger partial charge in [-0.05, 0) is 48.9 Å². The number of carbonyl (C=O) groups excluding carboxylic acids is 3. The van der Waals surface area contributed by atoms with E-state index in [-0.39, 0.29) is 36.6 Å². The van der Waals surface area contributed by atoms with Crippen molar-refractivity contribution in [3.63, 3.8) is 0 Å². The van der Waals surface area contributed by atoms with Crippen molar-refractivity contribution >= 4 is 35.0 Å². The molecule has 1 saturated heterocycles. The van der Waals surface area contributed by atoms with E-state index < -0.39 is 0 Å². The van der Waals surface area contributed by atoms with E-state index in [9.17, 15) is 14.4 Å². The summed E-state index contributed by atoms with van der Waals surface area (Å²) < 4.78 is 0. The third-order valence-corrected chi connectivity index (χ3v) is 4.37. The predicted octanol–water partition coefficient (Wildman–Crippen LogP) is 3.48. The SMILES string of the molecule is C[C@@H](NC(=O)c1ccc(N2C(=O)CCC2=O)cc1)c1cccc(Cl)c1. The Kier molecular flexibility index (Phi) is 4.86. The molecule has 0 radical (unpaired) electrons. The van der Waals surface area contributed by atoms with Gasteiger partial charge in [0.1, 0.15) is 0 Å². The van der Waals surface area contributed by atoms with E-state index >= 15 is 0 Å². The fourth-order valence-electron chi connectivity index (χ4n) is 2.77. The molecular formula is C19H17ClN2O3. The number of anilines is 1. The maximum absolute atomic E-state index is 12.4. The first-order valence-corrected chi connectivity index (χ1v) is 8.35. The summed E-state index contributed by atoms with van der Waals surface area (Å²) >= 11 is 5.97. The first kappa shape index (κ1) is 17.2. The average Bonchev–Trinajstić information content (AvgIpc) is 2.93. The van der Waals surface area contributed by atoms with E-state index in [1.807, 2.05) is 19.1 Å². The Balaban J connectivity index is 1.70. The molecule has 0 spiro atoms. The molecule has 0 bridgehead atoms. The molecule has 3 rings (SSSR count). The van der Waals surface area contributed by atoms with Crippen molar-refractivity contribution in [2.24, 2.45) is 0 Å². The predicted molar refractivity (Wildman–Crippen MR) is 95.5 cm³/mol. The topological polar surface area (TPSA) is 66.5 Å². The molecule has 3 amide bonds. The van der Waals surface area contributed by atoms with Crippen molar-refractivity contribution in [3.8, 4) is 0 Å². The maximum Gasteiger partial charge on any atom is 0.251 e. The van der Waals surface area contributed by atoms with E-state index in [4.69, 9.17) is 11.6 Å². The van der Waals surface area contributed by atoms with Crippen LogP contribution in [0.15, 0.2) is 48.5 Å². The van der Waals surface area contributed by atoms with Crippen molar-refractivity contribution in [3.05, 3.63) is 64.7 Å². The summed E-state index contributed by atoms with van der Waals surface area (Å²) in [7, 11) is 0. The molecule has 1 atom stereocenters. The van der Waals surface area contributed by atoms with Gasteiger partial charge in [0.05, 0.1) is 11.7 Å². The van der Waals surface area contributed by atoms with Crippen molar-refractivity contribution in [2.45, 2.75) is 25.8 Å². The fraction of sp³-hybridized carbons (Fsp3) is 0.211. The molecule has 0 saturated carbocycles. The molecule has 5 nitrogen and oxygen atoms in total. The number of nitrogens with one attached hydrogen (secondary N) is 1. The lowest BCUT2D eigenvalue weighted by Gasteiger charge is -2.16. The van der Waals surface area contributed by atoms with Gasteiger partial charge in [0, 0.05) is 23.4 Å². The van der Waals surface area contributed by atoms with Gasteiger partial charge in [-0.25, -0.2) is 0 Å². The molecule has 1 aliphatic rings. The summed E-state index contributed by atoms with van der Waals surface area (Å²) in [5.41, 5.74) is 1.86. The minimum atomic E-state index is -0.238. The number of benzene rings is 2. The van der Waals surface area contributed by atoms with Crippen LogP contribution in [0.3, 0.4) is 0 Å². The zero-order valence-corrected chi connectivity index (χ0v) is 14.4. The molecular weight excluding hydrogens is 340 g/mol. The molecule has 1 aliphatic heterocycles. The minimum absolute atomic E-state index is 0.201. The van der Waals surface area contributed by atoms with Crippen molar-refractivity contribution in [1.29, 1.82) is 0 Å². The van der Waals surface area contributed by atoms with Crippen molar-refractivity contribution < 1.29 is 14.4 Å². The second-order valence-electron chi connectivity index (χ2n) is 5.92. The molecule has 0 unspecified atom stereocenters. The number of hydrogen-bond acceptors (Lipinski definition) is 3. The van der Waals surface area contributed by atoms with Crippen molar-refractivity contribution in [2.75, 3.05) is 4.90 Å². The molecule has 1 heterocycles. The zero-order valence-electron chi connectivity index (χ0n) is 13.7. The fourth-order valence-corrected chi connectivity index (χ4v) is 2.96. The van der Waals surface area contributed by atoms with Crippen LogP contribution >= 0.6 is 11.6 Å². The Morgan fingerprint density at radius 2 is 1.72 bits per heavy atom. The normalized spacial score (nSPS) is 15.4. The van der Waals surface area contributed by atoms with Gasteiger partial charge in [-0.2, -0.15) is 0 Å². The smallest absolute Gasteiger partial charge is 0.251 e. The van der Waals surface area contributed by atoms with Crippen LogP contribution < -0.4 is 10.2 Å². The van der Waals surface area contributed by atoms with Crippen molar-refractivity contribution in [1.82, 2.24) is 5.32 Å². The number of carbonyl (C=O) groups is 3. The second-order valence-corrected chi connectivity index (χ2v) is 6.36. The lowest BCUT2D eigenvalue weighted by Crippen LogP contribution is -2.29. The Morgan fingerprint density at radius 1 is 1.08 bits per heavy atom. The van der Waals surface area contributed by atoms with Gasteiger partial charge in [0.2, 0.25) is 11.8 Å². The maximum atomic E-state index is 12.4. The third-order valence-electron chi connectivity index (χ3n) is 4.14. The summed E-state index contributed by atoms with van der Waals surface area (Å²) in [6.07, 6.45) is 0.469. The van der Waals surface area contributed by atoms with Gasteiger partial charge in [-0.15, -0.1) is 0 Å². The molecule has 2 aromatic rings. The van der Waals surface area contributed by atoms with Gasteiger partial charge < -0.3 is 5.32 Å². The molecule has 2 aromatic carbocycles. The molecule has 1 fully saturated rings. The molecule has 0 aliphatic carbocycles. The van der Waals surface area contributed by atoms with Crippen LogP contribution in [0.5, 0.6) is 0 Å². The van der Waals surface area contributed by atoms with Crippen LogP contribution in [0, 0.1) is 0 Å². The summed E-state index contributed by atoms with van der Waals surface area (Å²) in [5, 5.41) is 3.51. The molecule has 128 valence electrons. The standard InChI is InChI=1S/C19H17ClN2O3/c1-12(14-3-2-4-15(20)11-14)21-19(25)13-5-7-16(8-6-13)22-17(23)9-10-18(22)24/h2-8,11-12H,9-10H2,1H3,(H,21,25)/t12-/m1/s1. The Labute approximate surface area is 150 Å².